The van der Waals surface area contributed by atoms with Gasteiger partial charge in [-0.1, -0.05) is 41.6 Å². The average Bonchev–Trinajstić information content (AvgIpc) is 2.56. The summed E-state index contributed by atoms with van der Waals surface area (Å²) < 4.78 is 0. The number of carbonyl (C=O) groups excluding carboxylic acids is 1. The van der Waals surface area contributed by atoms with Gasteiger partial charge in [0.2, 0.25) is 5.91 Å². The number of carbonyl (C=O) groups is 1. The zero-order valence-corrected chi connectivity index (χ0v) is 14.9. The number of hydrogen-bond acceptors (Lipinski definition) is 4. The topological polar surface area (TPSA) is 54.9 Å². The Kier molecular flexibility index (Phi) is 5.02. The Balaban J connectivity index is 1.78. The quantitative estimate of drug-likeness (QED) is 0.542. The first-order valence-corrected chi connectivity index (χ1v) is 8.75. The van der Waals surface area contributed by atoms with Crippen molar-refractivity contribution in [1.29, 1.82) is 0 Å². The summed E-state index contributed by atoms with van der Waals surface area (Å²) in [5.41, 5.74) is 1.61. The van der Waals surface area contributed by atoms with Crippen LogP contribution in [0.25, 0.3) is 10.9 Å². The predicted molar refractivity (Wildman–Crippen MR) is 99.7 cm³/mol. The molecule has 3 rings (SSSR count). The lowest BCUT2D eigenvalue weighted by molar-refractivity contribution is -0.115. The van der Waals surface area contributed by atoms with E-state index in [1.165, 1.54) is 11.8 Å². The minimum absolute atomic E-state index is 0.0809. The summed E-state index contributed by atoms with van der Waals surface area (Å²) in [5.74, 6) is 0.615. The Bertz CT molecular complexity index is 883. The van der Waals surface area contributed by atoms with E-state index in [9.17, 15) is 4.79 Å². The highest BCUT2D eigenvalue weighted by Crippen LogP contribution is 2.29. The number of aromatic nitrogens is 2. The number of nitrogens with one attached hydrogen (secondary N) is 1. The smallest absolute Gasteiger partial charge is 0.237 e. The number of anilines is 1. The summed E-state index contributed by atoms with van der Waals surface area (Å²) in [6, 6.07) is 14.9. The third-order valence-electron chi connectivity index (χ3n) is 3.45. The van der Waals surface area contributed by atoms with E-state index in [1.807, 2.05) is 38.1 Å². The molecule has 24 heavy (non-hydrogen) atoms. The van der Waals surface area contributed by atoms with Crippen LogP contribution in [0.5, 0.6) is 0 Å². The lowest BCUT2D eigenvalue weighted by atomic mass is 10.2. The van der Waals surface area contributed by atoms with Crippen LogP contribution in [0, 0.1) is 6.92 Å². The Morgan fingerprint density at radius 1 is 1.12 bits per heavy atom. The van der Waals surface area contributed by atoms with Crippen molar-refractivity contribution in [1.82, 2.24) is 9.97 Å². The Morgan fingerprint density at radius 2 is 1.83 bits per heavy atom. The number of amides is 1. The van der Waals surface area contributed by atoms with Crippen LogP contribution in [0.3, 0.4) is 0 Å². The van der Waals surface area contributed by atoms with E-state index in [4.69, 9.17) is 11.6 Å². The summed E-state index contributed by atoms with van der Waals surface area (Å²) in [6.45, 7) is 3.72. The molecule has 1 N–H and O–H groups in total. The normalized spacial score (nSPS) is 12.1. The van der Waals surface area contributed by atoms with Gasteiger partial charge in [0.15, 0.2) is 0 Å². The molecule has 2 aromatic carbocycles. The van der Waals surface area contributed by atoms with Gasteiger partial charge in [-0.15, -0.1) is 0 Å². The van der Waals surface area contributed by atoms with Crippen molar-refractivity contribution >= 4 is 45.9 Å². The number of halogens is 1. The van der Waals surface area contributed by atoms with E-state index in [2.05, 4.69) is 15.3 Å². The number of aryl methyl sites for hydroxylation is 1. The Hall–Kier alpha value is -2.11. The molecule has 1 atom stereocenters. The van der Waals surface area contributed by atoms with E-state index in [1.54, 1.807) is 24.3 Å². The van der Waals surface area contributed by atoms with Gasteiger partial charge in [-0.3, -0.25) is 4.79 Å². The van der Waals surface area contributed by atoms with Crippen LogP contribution in [0.1, 0.15) is 12.7 Å². The van der Waals surface area contributed by atoms with Crippen LogP contribution in [-0.4, -0.2) is 21.1 Å². The van der Waals surface area contributed by atoms with Gasteiger partial charge in [0.1, 0.15) is 10.9 Å². The van der Waals surface area contributed by atoms with Crippen molar-refractivity contribution < 1.29 is 4.79 Å². The number of fused-ring (bicyclic) bond motifs is 1. The highest BCUT2D eigenvalue weighted by molar-refractivity contribution is 8.00. The zero-order chi connectivity index (χ0) is 17.1. The van der Waals surface area contributed by atoms with E-state index in [0.29, 0.717) is 10.8 Å². The number of hydrogen-bond donors (Lipinski definition) is 1. The molecule has 1 heterocycles. The molecule has 122 valence electrons. The molecule has 6 heteroatoms. The fourth-order valence-corrected chi connectivity index (χ4v) is 3.36. The summed E-state index contributed by atoms with van der Waals surface area (Å²) in [4.78, 5) is 21.3. The van der Waals surface area contributed by atoms with Crippen LogP contribution >= 0.6 is 23.4 Å². The first kappa shape index (κ1) is 16.7. The van der Waals surface area contributed by atoms with Crippen LogP contribution in [-0.2, 0) is 4.79 Å². The zero-order valence-electron chi connectivity index (χ0n) is 13.3. The van der Waals surface area contributed by atoms with Gasteiger partial charge in [0.05, 0.1) is 10.8 Å². The van der Waals surface area contributed by atoms with Crippen LogP contribution in [0.2, 0.25) is 5.02 Å². The molecule has 0 unspecified atom stereocenters. The van der Waals surface area contributed by atoms with Gasteiger partial charge in [-0.25, -0.2) is 9.97 Å². The second-order valence-corrected chi connectivity index (χ2v) is 7.12. The van der Waals surface area contributed by atoms with Crippen molar-refractivity contribution in [2.45, 2.75) is 24.1 Å². The molecular weight excluding hydrogens is 342 g/mol. The first-order chi connectivity index (χ1) is 11.5. The first-order valence-electron chi connectivity index (χ1n) is 7.49. The minimum atomic E-state index is -0.293. The molecule has 0 fully saturated rings. The SMILES string of the molecule is Cc1nc(S[C@H](C)C(=O)Nc2ccc(Cl)cc2)c2ccccc2n1. The molecule has 0 radical (unpaired) electrons. The van der Waals surface area contributed by atoms with E-state index in [-0.39, 0.29) is 11.2 Å². The predicted octanol–water partition coefficient (Wildman–Crippen LogP) is 4.71. The highest BCUT2D eigenvalue weighted by atomic mass is 35.5. The van der Waals surface area contributed by atoms with Gasteiger partial charge in [-0.2, -0.15) is 0 Å². The van der Waals surface area contributed by atoms with Crippen molar-refractivity contribution in [3.8, 4) is 0 Å². The summed E-state index contributed by atoms with van der Waals surface area (Å²) >= 11 is 7.29. The van der Waals surface area contributed by atoms with Crippen LogP contribution in [0.4, 0.5) is 5.69 Å². The van der Waals surface area contributed by atoms with E-state index in [0.717, 1.165) is 21.6 Å². The molecule has 0 saturated heterocycles. The van der Waals surface area contributed by atoms with Crippen molar-refractivity contribution in [2.24, 2.45) is 0 Å². The van der Waals surface area contributed by atoms with Gasteiger partial charge in [0, 0.05) is 16.1 Å². The molecule has 0 aliphatic rings. The molecule has 0 spiro atoms. The lowest BCUT2D eigenvalue weighted by Crippen LogP contribution is -2.22. The maximum Gasteiger partial charge on any atom is 0.237 e. The van der Waals surface area contributed by atoms with Crippen molar-refractivity contribution in [3.63, 3.8) is 0 Å². The van der Waals surface area contributed by atoms with Gasteiger partial charge in [-0.05, 0) is 44.2 Å². The Morgan fingerprint density at radius 3 is 2.58 bits per heavy atom. The van der Waals surface area contributed by atoms with Gasteiger partial charge < -0.3 is 5.32 Å². The second kappa shape index (κ2) is 7.20. The average molecular weight is 358 g/mol. The molecule has 1 amide bonds. The van der Waals surface area contributed by atoms with Gasteiger partial charge >= 0.3 is 0 Å². The Labute approximate surface area is 149 Å². The standard InChI is InChI=1S/C18H16ClN3OS/c1-11(17(23)22-14-9-7-13(19)8-10-14)24-18-15-5-3-4-6-16(15)20-12(2)21-18/h3-11H,1-2H3,(H,22,23)/t11-/m1/s1. The fourth-order valence-electron chi connectivity index (χ4n) is 2.25. The molecule has 0 saturated carbocycles. The van der Waals surface area contributed by atoms with Crippen LogP contribution in [0.15, 0.2) is 53.6 Å². The van der Waals surface area contributed by atoms with Crippen molar-refractivity contribution in [3.05, 3.63) is 59.4 Å². The second-order valence-electron chi connectivity index (χ2n) is 5.35. The third kappa shape index (κ3) is 3.86. The molecular formula is C18H16ClN3OS. The molecule has 0 bridgehead atoms. The number of thioether (sulfide) groups is 1. The van der Waals surface area contributed by atoms with Crippen LogP contribution < -0.4 is 5.32 Å². The maximum absolute atomic E-state index is 12.4. The minimum Gasteiger partial charge on any atom is -0.325 e. The van der Waals surface area contributed by atoms with Crippen molar-refractivity contribution in [2.75, 3.05) is 5.32 Å². The molecule has 0 aliphatic carbocycles. The number of nitrogens with zero attached hydrogens (tertiary/aromatic N) is 2. The molecule has 3 aromatic rings. The van der Waals surface area contributed by atoms with E-state index >= 15 is 0 Å². The van der Waals surface area contributed by atoms with Gasteiger partial charge in [0.25, 0.3) is 0 Å². The van der Waals surface area contributed by atoms with E-state index < -0.39 is 0 Å². The third-order valence-corrected chi connectivity index (χ3v) is 4.80. The maximum atomic E-state index is 12.4. The molecule has 1 aromatic heterocycles. The highest BCUT2D eigenvalue weighted by Gasteiger charge is 2.17. The number of para-hydroxylation sites is 1. The fraction of sp³-hybridized carbons (Fsp3) is 0.167. The molecule has 0 aliphatic heterocycles. The monoisotopic (exact) mass is 357 g/mol. The summed E-state index contributed by atoms with van der Waals surface area (Å²) in [6.07, 6.45) is 0. The number of benzene rings is 2. The summed E-state index contributed by atoms with van der Waals surface area (Å²) in [5, 5.41) is 5.01. The lowest BCUT2D eigenvalue weighted by Gasteiger charge is -2.13. The summed E-state index contributed by atoms with van der Waals surface area (Å²) in [7, 11) is 0. The largest absolute Gasteiger partial charge is 0.325 e. The number of rotatable bonds is 4. The molecule has 4 nitrogen and oxygen atoms in total.